The smallest absolute Gasteiger partial charge is 0.191 e. The second kappa shape index (κ2) is 22.0. The number of fused-ring (bicyclic) bond motifs is 2. The van der Waals surface area contributed by atoms with E-state index in [0.29, 0.717) is 0 Å². The van der Waals surface area contributed by atoms with Crippen LogP contribution in [-0.2, 0) is 21.1 Å². The number of oxazole rings is 1. The number of rotatable bonds is 0. The van der Waals surface area contributed by atoms with Crippen LogP contribution >= 0.6 is 11.3 Å². The molecule has 0 aliphatic rings. The summed E-state index contributed by atoms with van der Waals surface area (Å²) in [5.74, 6) is 3.74. The highest BCUT2D eigenvalue weighted by atomic mass is 32.1. The highest BCUT2D eigenvalue weighted by Gasteiger charge is 1.97. The Labute approximate surface area is 321 Å². The van der Waals surface area contributed by atoms with Gasteiger partial charge >= 0.3 is 0 Å². The SMILES string of the molecule is Cc1ccn(C)c1.Cc1cnc(C)[nH]1.Cc1coc(C)n1.Cc1ncc[nH]1.Cc1nccn1C.Cc1ncnc2sccc12.Cn1ncc2ccccc21. The van der Waals surface area contributed by atoms with Crippen LogP contribution in [0.15, 0.2) is 108 Å². The minimum Gasteiger partial charge on any atom is -0.449 e. The summed E-state index contributed by atoms with van der Waals surface area (Å²) in [6.45, 7) is 15.6. The van der Waals surface area contributed by atoms with E-state index in [0.717, 1.165) is 45.3 Å². The highest BCUT2D eigenvalue weighted by Crippen LogP contribution is 2.18. The molecule has 0 atom stereocenters. The lowest BCUT2D eigenvalue weighted by Gasteiger charge is -1.90. The van der Waals surface area contributed by atoms with Crippen molar-refractivity contribution < 1.29 is 4.42 Å². The number of para-hydroxylation sites is 1. The third kappa shape index (κ3) is 15.2. The van der Waals surface area contributed by atoms with Gasteiger partial charge in [0.1, 0.15) is 34.9 Å². The number of H-pyrrole nitrogens is 2. The van der Waals surface area contributed by atoms with Gasteiger partial charge in [-0.1, -0.05) is 18.2 Å². The van der Waals surface area contributed by atoms with E-state index in [1.165, 1.54) is 21.9 Å². The van der Waals surface area contributed by atoms with Crippen molar-refractivity contribution in [3.63, 3.8) is 0 Å². The Kier molecular flexibility index (Phi) is 17.2. The summed E-state index contributed by atoms with van der Waals surface area (Å²) in [4.78, 5) is 30.9. The number of nitrogens with one attached hydrogen (secondary N) is 2. The number of aromatic nitrogens is 12. The maximum atomic E-state index is 4.85. The van der Waals surface area contributed by atoms with E-state index in [4.69, 9.17) is 4.42 Å². The van der Waals surface area contributed by atoms with Crippen molar-refractivity contribution in [2.75, 3.05) is 0 Å². The number of aryl methyl sites for hydroxylation is 11. The molecule has 13 nitrogen and oxygen atoms in total. The van der Waals surface area contributed by atoms with Crippen LogP contribution in [0.4, 0.5) is 0 Å². The van der Waals surface area contributed by atoms with Gasteiger partial charge in [-0.3, -0.25) is 4.68 Å². The first-order chi connectivity index (χ1) is 25.8. The number of nitrogens with zero attached hydrogens (tertiary/aromatic N) is 10. The summed E-state index contributed by atoms with van der Waals surface area (Å²) in [6, 6.07) is 12.3. The lowest BCUT2D eigenvalue weighted by atomic mass is 10.3. The molecule has 0 fully saturated rings. The predicted molar refractivity (Wildman–Crippen MR) is 218 cm³/mol. The average molecular weight is 749 g/mol. The monoisotopic (exact) mass is 748 g/mol. The zero-order valence-electron chi connectivity index (χ0n) is 33.1. The summed E-state index contributed by atoms with van der Waals surface area (Å²) >= 11 is 1.65. The van der Waals surface area contributed by atoms with Crippen LogP contribution in [0.1, 0.15) is 46.0 Å². The second-order valence-electron chi connectivity index (χ2n) is 12.2. The quantitative estimate of drug-likeness (QED) is 0.156. The zero-order valence-corrected chi connectivity index (χ0v) is 33.9. The molecule has 0 radical (unpaired) electrons. The molecular formula is C40H52N12OS. The van der Waals surface area contributed by atoms with Crippen LogP contribution in [0, 0.1) is 55.4 Å². The standard InChI is InChI=1S/C8H8N2.C7H6N2S.C6H9N.2C5H8N2.C5H7NO.C4H6N2/c1-10-8-5-3-2-4-7(8)6-9-10;1-5-6-2-3-10-7(6)9-4-8-5;1-6-3-4-7(2)5-6;1-5-6-3-4-7(5)2;1-4-3-6-5(2)7-4;1-4-3-7-5(2)6-4;1-4-5-2-3-6-4/h2-6H,1H3;2-4H,1H3;3-5H,1-2H3;3-4H,1-2H3;3H,1-2H3,(H,6,7);3H,1-2H3;2-3H,1H3,(H,5,6). The van der Waals surface area contributed by atoms with Gasteiger partial charge < -0.3 is 23.5 Å². The maximum absolute atomic E-state index is 4.85. The average Bonchev–Trinajstić information content (AvgIpc) is 4.02. The third-order valence-corrected chi connectivity index (χ3v) is 8.18. The summed E-state index contributed by atoms with van der Waals surface area (Å²) in [7, 11) is 5.94. The van der Waals surface area contributed by atoms with Gasteiger partial charge in [-0.15, -0.1) is 11.3 Å². The molecule has 0 spiro atoms. The molecule has 8 aromatic heterocycles. The van der Waals surface area contributed by atoms with Crippen LogP contribution in [0.25, 0.3) is 21.1 Å². The van der Waals surface area contributed by atoms with Gasteiger partial charge in [0.05, 0.1) is 17.4 Å². The number of imidazole rings is 3. The predicted octanol–water partition coefficient (Wildman–Crippen LogP) is 8.67. The molecule has 9 rings (SSSR count). The molecule has 0 aliphatic carbocycles. The van der Waals surface area contributed by atoms with Crippen LogP contribution < -0.4 is 0 Å². The third-order valence-electron chi connectivity index (χ3n) is 7.36. The first kappa shape index (κ1) is 42.3. The van der Waals surface area contributed by atoms with E-state index in [1.54, 1.807) is 42.5 Å². The van der Waals surface area contributed by atoms with Crippen LogP contribution in [0.5, 0.6) is 0 Å². The largest absolute Gasteiger partial charge is 0.449 e. The van der Waals surface area contributed by atoms with Gasteiger partial charge in [-0.25, -0.2) is 29.9 Å². The van der Waals surface area contributed by atoms with Crippen LogP contribution in [-0.4, -0.2) is 58.8 Å². The lowest BCUT2D eigenvalue weighted by Crippen LogP contribution is -1.87. The van der Waals surface area contributed by atoms with Gasteiger partial charge in [0.15, 0.2) is 5.89 Å². The second-order valence-corrected chi connectivity index (χ2v) is 13.1. The van der Waals surface area contributed by atoms with Gasteiger partial charge in [-0.2, -0.15) is 5.10 Å². The van der Waals surface area contributed by atoms with Crippen molar-refractivity contribution in [3.8, 4) is 0 Å². The Bertz CT molecular complexity index is 2170. The van der Waals surface area contributed by atoms with Gasteiger partial charge in [0.2, 0.25) is 0 Å². The molecular weight excluding hydrogens is 697 g/mol. The highest BCUT2D eigenvalue weighted by molar-refractivity contribution is 7.16. The normalized spacial score (nSPS) is 9.76. The summed E-state index contributed by atoms with van der Waals surface area (Å²) < 4.78 is 10.7. The van der Waals surface area contributed by atoms with E-state index in [2.05, 4.69) is 82.4 Å². The Morgan fingerprint density at radius 3 is 1.93 bits per heavy atom. The Morgan fingerprint density at radius 1 is 0.759 bits per heavy atom. The van der Waals surface area contributed by atoms with Gasteiger partial charge in [0.25, 0.3) is 0 Å². The molecule has 0 aliphatic heterocycles. The lowest BCUT2D eigenvalue weighted by molar-refractivity contribution is 0.521. The fourth-order valence-electron chi connectivity index (χ4n) is 4.46. The first-order valence-electron chi connectivity index (χ1n) is 17.2. The topological polar surface area (TPSA) is 150 Å². The van der Waals surface area contributed by atoms with E-state index in [-0.39, 0.29) is 0 Å². The van der Waals surface area contributed by atoms with Crippen molar-refractivity contribution >= 4 is 32.5 Å². The van der Waals surface area contributed by atoms with E-state index in [1.807, 2.05) is 126 Å². The van der Waals surface area contributed by atoms with E-state index >= 15 is 0 Å². The van der Waals surface area contributed by atoms with Crippen LogP contribution in [0.2, 0.25) is 0 Å². The molecule has 0 unspecified atom stereocenters. The molecule has 2 N–H and O–H groups in total. The number of hydrogen-bond acceptors (Lipinski definition) is 9. The molecule has 284 valence electrons. The fourth-order valence-corrected chi connectivity index (χ4v) is 5.24. The molecule has 54 heavy (non-hydrogen) atoms. The van der Waals surface area contributed by atoms with Crippen molar-refractivity contribution in [1.82, 2.24) is 58.8 Å². The van der Waals surface area contributed by atoms with Crippen molar-refractivity contribution in [2.45, 2.75) is 55.4 Å². The Balaban J connectivity index is 0.000000171. The van der Waals surface area contributed by atoms with Crippen molar-refractivity contribution in [1.29, 1.82) is 0 Å². The number of aromatic amines is 2. The zero-order chi connectivity index (χ0) is 39.5. The summed E-state index contributed by atoms with van der Waals surface area (Å²) in [6.07, 6.45) is 18.3. The number of benzene rings is 1. The fraction of sp³-hybridized carbons (Fsp3) is 0.275. The van der Waals surface area contributed by atoms with Crippen LogP contribution in [0.3, 0.4) is 0 Å². The van der Waals surface area contributed by atoms with Gasteiger partial charge in [-0.05, 0) is 77.6 Å². The maximum Gasteiger partial charge on any atom is 0.191 e. The first-order valence-corrected chi connectivity index (χ1v) is 18.1. The molecule has 8 heterocycles. The molecule has 0 amide bonds. The molecule has 14 heteroatoms. The van der Waals surface area contributed by atoms with E-state index in [9.17, 15) is 0 Å². The number of hydrogen-bond donors (Lipinski definition) is 2. The summed E-state index contributed by atoms with van der Waals surface area (Å²) in [5.41, 5.74) is 5.63. The molecule has 0 bridgehead atoms. The van der Waals surface area contributed by atoms with E-state index < -0.39 is 0 Å². The van der Waals surface area contributed by atoms with Gasteiger partial charge in [0, 0.05) is 93.6 Å². The molecule has 1 aromatic carbocycles. The van der Waals surface area contributed by atoms with Crippen molar-refractivity contribution in [3.05, 3.63) is 150 Å². The Hall–Kier alpha value is -6.15. The number of thiophene rings is 1. The van der Waals surface area contributed by atoms with Crippen molar-refractivity contribution in [2.24, 2.45) is 21.1 Å². The molecule has 9 aromatic rings. The minimum absolute atomic E-state index is 0.734. The summed E-state index contributed by atoms with van der Waals surface area (Å²) in [5, 5.41) is 8.52. The Morgan fingerprint density at radius 2 is 1.54 bits per heavy atom. The minimum atomic E-state index is 0.734. The molecule has 0 saturated carbocycles. The molecule has 0 saturated heterocycles.